The topological polar surface area (TPSA) is 118 Å². The lowest BCUT2D eigenvalue weighted by Crippen LogP contribution is -2.03. The van der Waals surface area contributed by atoms with Gasteiger partial charge in [0.25, 0.3) is 5.69 Å². The lowest BCUT2D eigenvalue weighted by atomic mass is 9.97. The number of nitro benzene ring substituents is 1. The van der Waals surface area contributed by atoms with Crippen LogP contribution in [0.1, 0.15) is 35.7 Å². The maximum atomic E-state index is 11.5. The van der Waals surface area contributed by atoms with E-state index in [0.29, 0.717) is 36.3 Å². The lowest BCUT2D eigenvalue weighted by Gasteiger charge is -2.12. The number of methoxy groups -OCH3 is 1. The Balaban J connectivity index is 3.20. The van der Waals surface area contributed by atoms with Crippen molar-refractivity contribution in [2.24, 2.45) is 5.11 Å². The molecule has 0 aliphatic carbocycles. The summed E-state index contributed by atoms with van der Waals surface area (Å²) in [5, 5.41) is 14.5. The number of nitrogens with zero attached hydrogens (tertiary/aromatic N) is 4. The van der Waals surface area contributed by atoms with E-state index in [0.717, 1.165) is 0 Å². The first-order chi connectivity index (χ1) is 10.4. The van der Waals surface area contributed by atoms with Crippen molar-refractivity contribution < 1.29 is 14.5 Å². The summed E-state index contributed by atoms with van der Waals surface area (Å²) in [5.41, 5.74) is 9.02. The van der Waals surface area contributed by atoms with Crippen LogP contribution in [0, 0.1) is 10.1 Å². The fraction of sp³-hybridized carbons (Fsp3) is 0.357. The van der Waals surface area contributed by atoms with Gasteiger partial charge in [0, 0.05) is 23.1 Å². The van der Waals surface area contributed by atoms with Gasteiger partial charge in [0.15, 0.2) is 5.78 Å². The third-order valence-corrected chi connectivity index (χ3v) is 3.07. The highest BCUT2D eigenvalue weighted by molar-refractivity contribution is 5.99. The number of hydrogen-bond donors (Lipinski definition) is 0. The number of benzene rings is 1. The summed E-state index contributed by atoms with van der Waals surface area (Å²) in [6.45, 7) is 5.45. The zero-order valence-electron chi connectivity index (χ0n) is 12.4. The molecule has 8 nitrogen and oxygen atoms in total. The van der Waals surface area contributed by atoms with E-state index in [-0.39, 0.29) is 11.3 Å². The fourth-order valence-corrected chi connectivity index (χ4v) is 1.99. The predicted molar refractivity (Wildman–Crippen MR) is 81.9 cm³/mol. The highest BCUT2D eigenvalue weighted by Gasteiger charge is 2.22. The number of hydrogen-bond acceptors (Lipinski definition) is 5. The minimum atomic E-state index is -0.604. The molecule has 0 saturated heterocycles. The monoisotopic (exact) mass is 304 g/mol. The van der Waals surface area contributed by atoms with Crippen molar-refractivity contribution in [3.63, 3.8) is 0 Å². The van der Waals surface area contributed by atoms with Crippen LogP contribution in [-0.4, -0.2) is 24.4 Å². The molecule has 1 rings (SSSR count). The van der Waals surface area contributed by atoms with E-state index in [2.05, 4.69) is 16.6 Å². The smallest absolute Gasteiger partial charge is 0.281 e. The predicted octanol–water partition coefficient (Wildman–Crippen LogP) is 3.91. The molecule has 0 fully saturated rings. The summed E-state index contributed by atoms with van der Waals surface area (Å²) in [6.07, 6.45) is 1.06. The van der Waals surface area contributed by atoms with Crippen molar-refractivity contribution in [1.82, 2.24) is 0 Å². The molecule has 0 atom stereocenters. The third kappa shape index (κ3) is 4.07. The number of rotatable bonds is 8. The summed E-state index contributed by atoms with van der Waals surface area (Å²) >= 11 is 0. The Hall–Kier alpha value is -2.86. The van der Waals surface area contributed by atoms with Gasteiger partial charge in [-0.05, 0) is 36.9 Å². The maximum absolute atomic E-state index is 11.5. The van der Waals surface area contributed by atoms with Crippen LogP contribution in [-0.2, 0) is 0 Å². The quantitative estimate of drug-likeness (QED) is 0.137. The Morgan fingerprint density at radius 2 is 2.18 bits per heavy atom. The molecule has 0 spiro atoms. The Bertz CT molecular complexity index is 663. The number of carbonyl (C=O) groups is 1. The van der Waals surface area contributed by atoms with Crippen molar-refractivity contribution in [2.75, 3.05) is 13.7 Å². The molecule has 22 heavy (non-hydrogen) atoms. The molecule has 0 bridgehead atoms. The van der Waals surface area contributed by atoms with E-state index in [4.69, 9.17) is 10.3 Å². The number of nitro groups is 1. The van der Waals surface area contributed by atoms with Crippen LogP contribution in [0.5, 0.6) is 5.75 Å². The van der Waals surface area contributed by atoms with Crippen molar-refractivity contribution in [3.05, 3.63) is 50.4 Å². The molecule has 0 unspecified atom stereocenters. The summed E-state index contributed by atoms with van der Waals surface area (Å²) in [4.78, 5) is 24.7. The molecule has 0 radical (unpaired) electrons. The minimum absolute atomic E-state index is 0.00696. The maximum Gasteiger partial charge on any atom is 0.281 e. The first-order valence-corrected chi connectivity index (χ1v) is 6.48. The van der Waals surface area contributed by atoms with E-state index < -0.39 is 10.7 Å². The second-order valence-corrected chi connectivity index (χ2v) is 4.54. The molecule has 0 heterocycles. The Kier molecular flexibility index (Phi) is 6.09. The number of carbonyl (C=O) groups excluding carboxylic acids is 1. The van der Waals surface area contributed by atoms with Gasteiger partial charge in [-0.2, -0.15) is 0 Å². The summed E-state index contributed by atoms with van der Waals surface area (Å²) in [6, 6.07) is 2.65. The van der Waals surface area contributed by atoms with Crippen LogP contribution in [0.2, 0.25) is 0 Å². The van der Waals surface area contributed by atoms with Gasteiger partial charge in [-0.3, -0.25) is 14.9 Å². The number of Topliss-reactive ketones (excluding diaryl/α,β-unsaturated/α-hetero) is 1. The molecule has 0 N–H and O–H groups in total. The van der Waals surface area contributed by atoms with Gasteiger partial charge in [0.05, 0.1) is 17.6 Å². The molecule has 0 aliphatic rings. The molecule has 0 saturated carbocycles. The molecular weight excluding hydrogens is 288 g/mol. The van der Waals surface area contributed by atoms with Crippen LogP contribution in [0.4, 0.5) is 5.69 Å². The summed E-state index contributed by atoms with van der Waals surface area (Å²) < 4.78 is 5.20. The van der Waals surface area contributed by atoms with E-state index in [1.807, 2.05) is 0 Å². The van der Waals surface area contributed by atoms with Gasteiger partial charge < -0.3 is 4.74 Å². The van der Waals surface area contributed by atoms with Crippen molar-refractivity contribution in [1.29, 1.82) is 0 Å². The van der Waals surface area contributed by atoms with Crippen LogP contribution < -0.4 is 4.74 Å². The second kappa shape index (κ2) is 7.80. The van der Waals surface area contributed by atoms with Gasteiger partial charge in [-0.1, -0.05) is 11.7 Å². The van der Waals surface area contributed by atoms with Gasteiger partial charge in [0.2, 0.25) is 0 Å². The van der Waals surface area contributed by atoms with Gasteiger partial charge in [0.1, 0.15) is 5.75 Å². The first-order valence-electron chi connectivity index (χ1n) is 6.48. The van der Waals surface area contributed by atoms with Crippen LogP contribution >= 0.6 is 0 Å². The first kappa shape index (κ1) is 17.2. The SMILES string of the molecule is C=C(CCCN=[N+]=[N-])c1cc([N+](=O)[O-])c(C(C)=O)cc1OC. The van der Waals surface area contributed by atoms with Gasteiger partial charge in [-0.15, -0.1) is 0 Å². The molecule has 116 valence electrons. The number of allylic oxidation sites excluding steroid dienone is 1. The van der Waals surface area contributed by atoms with Crippen molar-refractivity contribution in [2.45, 2.75) is 19.8 Å². The van der Waals surface area contributed by atoms with E-state index in [1.165, 1.54) is 26.2 Å². The molecule has 1 aromatic carbocycles. The van der Waals surface area contributed by atoms with Crippen LogP contribution in [0.3, 0.4) is 0 Å². The van der Waals surface area contributed by atoms with Gasteiger partial charge in [-0.25, -0.2) is 0 Å². The second-order valence-electron chi connectivity index (χ2n) is 4.54. The number of ketones is 1. The van der Waals surface area contributed by atoms with Crippen LogP contribution in [0.15, 0.2) is 23.8 Å². The zero-order valence-corrected chi connectivity index (χ0v) is 12.4. The van der Waals surface area contributed by atoms with E-state index in [1.54, 1.807) is 0 Å². The molecule has 0 aromatic heterocycles. The Morgan fingerprint density at radius 3 is 2.68 bits per heavy atom. The Labute approximate surface area is 127 Å². The fourth-order valence-electron chi connectivity index (χ4n) is 1.99. The van der Waals surface area contributed by atoms with Crippen LogP contribution in [0.25, 0.3) is 16.0 Å². The number of azide groups is 1. The third-order valence-electron chi connectivity index (χ3n) is 3.07. The van der Waals surface area contributed by atoms with E-state index in [9.17, 15) is 14.9 Å². The summed E-state index contributed by atoms with van der Waals surface area (Å²) in [5.74, 6) is -0.0601. The van der Waals surface area contributed by atoms with E-state index >= 15 is 0 Å². The minimum Gasteiger partial charge on any atom is -0.496 e. The van der Waals surface area contributed by atoms with Gasteiger partial charge >= 0.3 is 0 Å². The van der Waals surface area contributed by atoms with Crippen molar-refractivity contribution >= 4 is 17.0 Å². The highest BCUT2D eigenvalue weighted by Crippen LogP contribution is 2.34. The molecule has 1 aromatic rings. The molecule has 0 aliphatic heterocycles. The summed E-state index contributed by atoms with van der Waals surface area (Å²) in [7, 11) is 1.42. The largest absolute Gasteiger partial charge is 0.496 e. The molecule has 0 amide bonds. The standard InChI is InChI=1S/C14H16N4O4/c1-9(5-4-6-16-17-15)11-7-13(18(20)21)12(10(2)19)8-14(11)22-3/h7-8H,1,4-6H2,2-3H3. The molecular formula is C14H16N4O4. The normalized spacial score (nSPS) is 9.73. The molecule has 8 heteroatoms. The zero-order chi connectivity index (χ0) is 16.7. The van der Waals surface area contributed by atoms with Crippen molar-refractivity contribution in [3.8, 4) is 5.75 Å². The highest BCUT2D eigenvalue weighted by atomic mass is 16.6. The lowest BCUT2D eigenvalue weighted by molar-refractivity contribution is -0.385. The Morgan fingerprint density at radius 1 is 1.50 bits per heavy atom. The average molecular weight is 304 g/mol. The average Bonchev–Trinajstić information content (AvgIpc) is 2.49. The number of ether oxygens (including phenoxy) is 1.